The number of nitrogens with one attached hydrogen (secondary N) is 1. The van der Waals surface area contributed by atoms with Crippen LogP contribution in [0.2, 0.25) is 0 Å². The summed E-state index contributed by atoms with van der Waals surface area (Å²) in [4.78, 5) is 41.0. The third-order valence-electron chi connectivity index (χ3n) is 8.26. The number of hydrogen-bond donors (Lipinski definition) is 1. The normalized spacial score (nSPS) is 17.8. The van der Waals surface area contributed by atoms with Gasteiger partial charge in [-0.05, 0) is 75.6 Å². The lowest BCUT2D eigenvalue weighted by atomic mass is 9.90. The van der Waals surface area contributed by atoms with E-state index in [2.05, 4.69) is 34.7 Å². The highest BCUT2D eigenvalue weighted by Gasteiger charge is 2.35. The number of aryl methyl sites for hydroxylation is 1. The Balaban J connectivity index is 1.38. The van der Waals surface area contributed by atoms with Gasteiger partial charge in [0.25, 0.3) is 0 Å². The van der Waals surface area contributed by atoms with Gasteiger partial charge in [-0.1, -0.05) is 48.5 Å². The Morgan fingerprint density at radius 1 is 1.00 bits per heavy atom. The number of alkyl carbamates (subject to hydrolysis) is 1. The van der Waals surface area contributed by atoms with E-state index in [0.29, 0.717) is 17.7 Å². The van der Waals surface area contributed by atoms with Crippen molar-refractivity contribution in [2.45, 2.75) is 83.5 Å². The average molecular weight is 603 g/mol. The summed E-state index contributed by atoms with van der Waals surface area (Å²) in [5.74, 6) is -0.580. The maximum atomic E-state index is 14.0. The Kier molecular flexibility index (Phi) is 9.27. The number of benzene rings is 2. The topological polar surface area (TPSA) is 112 Å². The Morgan fingerprint density at radius 2 is 1.66 bits per heavy atom. The zero-order valence-electron chi connectivity index (χ0n) is 26.2. The minimum Gasteiger partial charge on any atom is -0.462 e. The Morgan fingerprint density at radius 3 is 2.30 bits per heavy atom. The van der Waals surface area contributed by atoms with Crippen LogP contribution in [0.25, 0.3) is 11.1 Å². The van der Waals surface area contributed by atoms with Crippen LogP contribution >= 0.6 is 0 Å². The number of rotatable bonds is 8. The van der Waals surface area contributed by atoms with Crippen LogP contribution in [0.4, 0.5) is 9.59 Å². The summed E-state index contributed by atoms with van der Waals surface area (Å²) in [6.45, 7) is 7.72. The van der Waals surface area contributed by atoms with Gasteiger partial charge in [0.1, 0.15) is 17.8 Å². The number of amides is 2. The van der Waals surface area contributed by atoms with Crippen molar-refractivity contribution < 1.29 is 28.6 Å². The van der Waals surface area contributed by atoms with Crippen LogP contribution in [0.15, 0.2) is 54.7 Å². The summed E-state index contributed by atoms with van der Waals surface area (Å²) in [7, 11) is 1.74. The van der Waals surface area contributed by atoms with Crippen LogP contribution in [0, 0.1) is 0 Å². The second kappa shape index (κ2) is 13.1. The zero-order chi connectivity index (χ0) is 31.4. The molecule has 3 aromatic rings. The van der Waals surface area contributed by atoms with Crippen molar-refractivity contribution in [1.29, 1.82) is 0 Å². The van der Waals surface area contributed by atoms with Gasteiger partial charge in [-0.3, -0.25) is 9.58 Å². The van der Waals surface area contributed by atoms with Crippen LogP contribution in [0.1, 0.15) is 86.5 Å². The fourth-order valence-electron chi connectivity index (χ4n) is 6.26. The van der Waals surface area contributed by atoms with Gasteiger partial charge in [0, 0.05) is 25.0 Å². The fraction of sp³-hybridized carbons (Fsp3) is 0.471. The molecule has 1 aromatic heterocycles. The van der Waals surface area contributed by atoms with E-state index < -0.39 is 23.8 Å². The molecule has 2 aromatic carbocycles. The highest BCUT2D eigenvalue weighted by atomic mass is 16.6. The van der Waals surface area contributed by atoms with Gasteiger partial charge in [0.05, 0.1) is 25.0 Å². The number of ether oxygens (including phenoxy) is 3. The van der Waals surface area contributed by atoms with Gasteiger partial charge >= 0.3 is 18.2 Å². The van der Waals surface area contributed by atoms with Gasteiger partial charge in [-0.15, -0.1) is 0 Å². The van der Waals surface area contributed by atoms with E-state index >= 15 is 0 Å². The quantitative estimate of drug-likeness (QED) is 0.242. The minimum atomic E-state index is -0.617. The van der Waals surface area contributed by atoms with Crippen LogP contribution in [-0.2, 0) is 27.8 Å². The molecule has 0 unspecified atom stereocenters. The fourth-order valence-corrected chi connectivity index (χ4v) is 6.26. The van der Waals surface area contributed by atoms with Crippen molar-refractivity contribution in [2.24, 2.45) is 7.05 Å². The summed E-state index contributed by atoms with van der Waals surface area (Å²) in [5.41, 5.74) is 4.81. The molecular weight excluding hydrogens is 560 g/mol. The van der Waals surface area contributed by atoms with Gasteiger partial charge < -0.3 is 19.5 Å². The molecule has 1 saturated carbocycles. The maximum Gasteiger partial charge on any atom is 0.410 e. The second-order valence-corrected chi connectivity index (χ2v) is 12.4. The summed E-state index contributed by atoms with van der Waals surface area (Å²) >= 11 is 0. The maximum absolute atomic E-state index is 14.0. The molecule has 0 spiro atoms. The molecule has 2 aliphatic rings. The number of nitrogens with zero attached hydrogens (tertiary/aromatic N) is 3. The van der Waals surface area contributed by atoms with E-state index in [0.717, 1.165) is 41.5 Å². The van der Waals surface area contributed by atoms with Gasteiger partial charge in [-0.25, -0.2) is 14.4 Å². The predicted octanol–water partition coefficient (Wildman–Crippen LogP) is 6.18. The van der Waals surface area contributed by atoms with Crippen molar-refractivity contribution >= 4 is 18.2 Å². The molecule has 5 rings (SSSR count). The molecule has 1 fully saturated rings. The smallest absolute Gasteiger partial charge is 0.410 e. The van der Waals surface area contributed by atoms with Crippen LogP contribution < -0.4 is 5.32 Å². The molecule has 2 amide bonds. The summed E-state index contributed by atoms with van der Waals surface area (Å²) in [5, 5.41) is 7.27. The van der Waals surface area contributed by atoms with Crippen LogP contribution in [0.3, 0.4) is 0 Å². The zero-order valence-corrected chi connectivity index (χ0v) is 26.2. The lowest BCUT2D eigenvalue weighted by molar-refractivity contribution is 0.0439. The Bertz CT molecular complexity index is 1460. The molecule has 0 saturated heterocycles. The van der Waals surface area contributed by atoms with Crippen molar-refractivity contribution in [3.63, 3.8) is 0 Å². The highest BCUT2D eigenvalue weighted by molar-refractivity contribution is 5.90. The highest BCUT2D eigenvalue weighted by Crippen LogP contribution is 2.44. The van der Waals surface area contributed by atoms with Crippen molar-refractivity contribution in [1.82, 2.24) is 20.0 Å². The first-order valence-corrected chi connectivity index (χ1v) is 15.3. The SMILES string of the molecule is CCOC(=O)c1cnn(C)c1CN(C(=O)OCC1c2ccccc2-c2ccccc21)[C@@H]1CCC[C@@H](NC(=O)OC(C)(C)C)C1. The Labute approximate surface area is 258 Å². The third-order valence-corrected chi connectivity index (χ3v) is 8.26. The third kappa shape index (κ3) is 6.90. The molecule has 1 N–H and O–H groups in total. The first kappa shape index (κ1) is 31.1. The molecule has 1 heterocycles. The van der Waals surface area contributed by atoms with Crippen molar-refractivity contribution in [3.8, 4) is 11.1 Å². The molecule has 44 heavy (non-hydrogen) atoms. The number of aromatic nitrogens is 2. The number of esters is 1. The van der Waals surface area contributed by atoms with E-state index in [-0.39, 0.29) is 37.8 Å². The van der Waals surface area contributed by atoms with E-state index in [4.69, 9.17) is 14.2 Å². The standard InChI is InChI=1S/C34H42N4O6/c1-6-42-31(39)28-19-35-37(5)30(28)20-38(23-13-11-12-22(18-23)36-32(40)44-34(2,3)4)33(41)43-21-29-26-16-9-7-14-24(26)25-15-8-10-17-27(25)29/h7-10,14-17,19,22-23,29H,6,11-13,18,20-21H2,1-5H3,(H,36,40)/t22-,23-/m1/s1. The number of carbonyl (C=O) groups is 3. The second-order valence-electron chi connectivity index (χ2n) is 12.4. The summed E-state index contributed by atoms with van der Waals surface area (Å²) in [6, 6.07) is 16.0. The number of hydrogen-bond acceptors (Lipinski definition) is 7. The van der Waals surface area contributed by atoms with E-state index in [1.807, 2.05) is 45.0 Å². The van der Waals surface area contributed by atoms with Crippen molar-refractivity contribution in [3.05, 3.63) is 77.1 Å². The lowest BCUT2D eigenvalue weighted by Crippen LogP contribution is -2.49. The monoisotopic (exact) mass is 602 g/mol. The molecule has 2 aliphatic carbocycles. The largest absolute Gasteiger partial charge is 0.462 e. The number of fused-ring (bicyclic) bond motifs is 3. The number of carbonyl (C=O) groups excluding carboxylic acids is 3. The molecule has 0 bridgehead atoms. The molecular formula is C34H42N4O6. The lowest BCUT2D eigenvalue weighted by Gasteiger charge is -2.37. The molecule has 10 nitrogen and oxygen atoms in total. The van der Waals surface area contributed by atoms with E-state index in [9.17, 15) is 14.4 Å². The molecule has 2 atom stereocenters. The predicted molar refractivity (Wildman–Crippen MR) is 165 cm³/mol. The minimum absolute atomic E-state index is 0.0899. The summed E-state index contributed by atoms with van der Waals surface area (Å²) < 4.78 is 18.4. The van der Waals surface area contributed by atoms with Crippen LogP contribution in [0.5, 0.6) is 0 Å². The first-order chi connectivity index (χ1) is 21.1. The van der Waals surface area contributed by atoms with E-state index in [1.165, 1.54) is 6.20 Å². The van der Waals surface area contributed by atoms with E-state index in [1.54, 1.807) is 23.6 Å². The molecule has 0 aliphatic heterocycles. The van der Waals surface area contributed by atoms with Gasteiger partial charge in [0.2, 0.25) is 0 Å². The first-order valence-electron chi connectivity index (χ1n) is 15.3. The van der Waals surface area contributed by atoms with Crippen molar-refractivity contribution in [2.75, 3.05) is 13.2 Å². The van der Waals surface area contributed by atoms with Crippen LogP contribution in [-0.4, -0.2) is 63.7 Å². The van der Waals surface area contributed by atoms with Gasteiger partial charge in [-0.2, -0.15) is 5.10 Å². The molecule has 10 heteroatoms. The average Bonchev–Trinajstić information content (AvgIpc) is 3.51. The molecule has 0 radical (unpaired) electrons. The van der Waals surface area contributed by atoms with Gasteiger partial charge in [0.15, 0.2) is 0 Å². The summed E-state index contributed by atoms with van der Waals surface area (Å²) in [6.07, 6.45) is 3.33. The Hall–Kier alpha value is -4.34. The molecule has 234 valence electrons.